The molecule has 1 unspecified atom stereocenters. The molecule has 2 aromatic carbocycles. The van der Waals surface area contributed by atoms with Crippen LogP contribution in [0.2, 0.25) is 5.02 Å². The molecule has 0 fully saturated rings. The van der Waals surface area contributed by atoms with Crippen LogP contribution in [-0.4, -0.2) is 14.2 Å². The van der Waals surface area contributed by atoms with E-state index in [-0.39, 0.29) is 11.1 Å². The number of methoxy groups -OCH3 is 1. The molecule has 0 aliphatic carbocycles. The van der Waals surface area contributed by atoms with Crippen LogP contribution in [0, 0.1) is 5.82 Å². The molecule has 0 aromatic heterocycles. The summed E-state index contributed by atoms with van der Waals surface area (Å²) in [5.74, 6) is 0.415. The van der Waals surface area contributed by atoms with Crippen LogP contribution in [0.4, 0.5) is 4.39 Å². The van der Waals surface area contributed by atoms with Gasteiger partial charge in [-0.3, -0.25) is 0 Å². The summed E-state index contributed by atoms with van der Waals surface area (Å²) < 4.78 is 18.8. The van der Waals surface area contributed by atoms with Crippen molar-refractivity contribution < 1.29 is 9.13 Å². The van der Waals surface area contributed by atoms with Gasteiger partial charge < -0.3 is 10.1 Å². The van der Waals surface area contributed by atoms with E-state index < -0.39 is 5.82 Å². The van der Waals surface area contributed by atoms with Crippen molar-refractivity contribution in [2.45, 2.75) is 12.5 Å². The van der Waals surface area contributed by atoms with Crippen LogP contribution in [0.1, 0.15) is 17.2 Å². The van der Waals surface area contributed by atoms with Gasteiger partial charge >= 0.3 is 0 Å². The highest BCUT2D eigenvalue weighted by Gasteiger charge is 2.16. The minimum atomic E-state index is -0.393. The molecule has 0 spiro atoms. The maximum atomic E-state index is 13.6. The topological polar surface area (TPSA) is 21.3 Å². The summed E-state index contributed by atoms with van der Waals surface area (Å²) in [7, 11) is 3.48. The van der Waals surface area contributed by atoms with Gasteiger partial charge in [0.15, 0.2) is 0 Å². The molecule has 0 aliphatic heterocycles. The minimum Gasteiger partial charge on any atom is -0.497 e. The van der Waals surface area contributed by atoms with Gasteiger partial charge in [0.25, 0.3) is 0 Å². The molecule has 1 N–H and O–H groups in total. The lowest BCUT2D eigenvalue weighted by Crippen LogP contribution is -2.19. The van der Waals surface area contributed by atoms with Gasteiger partial charge in [0.05, 0.1) is 12.1 Å². The lowest BCUT2D eigenvalue weighted by Gasteiger charge is -2.18. The molecule has 0 heterocycles. The number of nitrogens with one attached hydrogen (secondary N) is 1. The van der Waals surface area contributed by atoms with Gasteiger partial charge in [0.2, 0.25) is 0 Å². The summed E-state index contributed by atoms with van der Waals surface area (Å²) in [6.07, 6.45) is 0.705. The lowest BCUT2D eigenvalue weighted by atomic mass is 9.98. The Balaban J connectivity index is 2.26. The van der Waals surface area contributed by atoms with Crippen molar-refractivity contribution in [3.8, 4) is 5.75 Å². The van der Waals surface area contributed by atoms with E-state index >= 15 is 0 Å². The van der Waals surface area contributed by atoms with E-state index in [1.807, 2.05) is 37.4 Å². The summed E-state index contributed by atoms with van der Waals surface area (Å²) in [4.78, 5) is 0. The highest BCUT2D eigenvalue weighted by molar-refractivity contribution is 6.31. The molecule has 0 radical (unpaired) electrons. The van der Waals surface area contributed by atoms with Crippen LogP contribution in [0.25, 0.3) is 0 Å². The fourth-order valence-electron chi connectivity index (χ4n) is 2.19. The van der Waals surface area contributed by atoms with Crippen molar-refractivity contribution in [1.82, 2.24) is 5.32 Å². The average molecular weight is 294 g/mol. The van der Waals surface area contributed by atoms with Crippen molar-refractivity contribution in [3.63, 3.8) is 0 Å². The van der Waals surface area contributed by atoms with Crippen LogP contribution in [0.3, 0.4) is 0 Å². The van der Waals surface area contributed by atoms with Crippen molar-refractivity contribution in [1.29, 1.82) is 0 Å². The highest BCUT2D eigenvalue weighted by Crippen LogP contribution is 2.28. The summed E-state index contributed by atoms with van der Waals surface area (Å²) in [6.45, 7) is 0. The number of hydrogen-bond donors (Lipinski definition) is 1. The molecule has 0 saturated carbocycles. The maximum absolute atomic E-state index is 13.6. The Kier molecular flexibility index (Phi) is 4.99. The summed E-state index contributed by atoms with van der Waals surface area (Å²) in [5.41, 5.74) is 1.86. The van der Waals surface area contributed by atoms with Crippen molar-refractivity contribution in [3.05, 3.63) is 64.4 Å². The molecule has 106 valence electrons. The molecular weight excluding hydrogens is 277 g/mol. The first-order valence-electron chi connectivity index (χ1n) is 6.39. The zero-order valence-corrected chi connectivity index (χ0v) is 12.2. The van der Waals surface area contributed by atoms with Crippen LogP contribution >= 0.6 is 11.6 Å². The van der Waals surface area contributed by atoms with E-state index in [2.05, 4.69) is 5.32 Å². The second-order valence-corrected chi connectivity index (χ2v) is 4.92. The number of rotatable bonds is 5. The van der Waals surface area contributed by atoms with E-state index in [4.69, 9.17) is 16.3 Å². The maximum Gasteiger partial charge on any atom is 0.142 e. The first-order chi connectivity index (χ1) is 9.65. The molecule has 20 heavy (non-hydrogen) atoms. The molecule has 1 atom stereocenters. The third-order valence-corrected chi connectivity index (χ3v) is 3.68. The van der Waals surface area contributed by atoms with Gasteiger partial charge in [-0.25, -0.2) is 4.39 Å². The average Bonchev–Trinajstić information content (AvgIpc) is 2.48. The standard InChI is InChI=1S/C16H17ClFNO/c1-19-15(13-7-4-8-14(18)16(13)17)10-11-5-3-6-12(9-11)20-2/h3-9,15,19H,10H2,1-2H3. The Morgan fingerprint density at radius 1 is 1.25 bits per heavy atom. The first-order valence-corrected chi connectivity index (χ1v) is 6.77. The number of ether oxygens (including phenoxy) is 1. The number of benzene rings is 2. The quantitative estimate of drug-likeness (QED) is 0.900. The fraction of sp³-hybridized carbons (Fsp3) is 0.250. The molecule has 2 nitrogen and oxygen atoms in total. The minimum absolute atomic E-state index is 0.0506. The Labute approximate surface area is 123 Å². The van der Waals surface area contributed by atoms with Crippen molar-refractivity contribution in [2.75, 3.05) is 14.2 Å². The molecule has 4 heteroatoms. The second-order valence-electron chi connectivity index (χ2n) is 4.54. The SMILES string of the molecule is CNC(Cc1cccc(OC)c1)c1cccc(F)c1Cl. The second kappa shape index (κ2) is 6.73. The van der Waals surface area contributed by atoms with Crippen LogP contribution in [0.15, 0.2) is 42.5 Å². The largest absolute Gasteiger partial charge is 0.497 e. The third-order valence-electron chi connectivity index (χ3n) is 3.28. The van der Waals surface area contributed by atoms with Crippen LogP contribution in [0.5, 0.6) is 5.75 Å². The number of halogens is 2. The van der Waals surface area contributed by atoms with Gasteiger partial charge in [0.1, 0.15) is 11.6 Å². The molecule has 0 amide bonds. The van der Waals surface area contributed by atoms with E-state index in [9.17, 15) is 4.39 Å². The summed E-state index contributed by atoms with van der Waals surface area (Å²) in [5, 5.41) is 3.36. The van der Waals surface area contributed by atoms with Crippen molar-refractivity contribution >= 4 is 11.6 Å². The third kappa shape index (κ3) is 3.30. The molecule has 0 aliphatic rings. The lowest BCUT2D eigenvalue weighted by molar-refractivity contribution is 0.414. The van der Waals surface area contributed by atoms with Crippen molar-refractivity contribution in [2.24, 2.45) is 0 Å². The highest BCUT2D eigenvalue weighted by atomic mass is 35.5. The van der Waals surface area contributed by atoms with Crippen LogP contribution in [-0.2, 0) is 6.42 Å². The molecule has 2 aromatic rings. The van der Waals surface area contributed by atoms with Gasteiger partial charge in [-0.2, -0.15) is 0 Å². The predicted molar refractivity (Wildman–Crippen MR) is 79.9 cm³/mol. The Bertz CT molecular complexity index is 588. The number of likely N-dealkylation sites (N-methyl/N-ethyl adjacent to an activating group) is 1. The monoisotopic (exact) mass is 293 g/mol. The van der Waals surface area contributed by atoms with Gasteiger partial charge in [-0.1, -0.05) is 35.9 Å². The zero-order valence-electron chi connectivity index (χ0n) is 11.5. The normalized spacial score (nSPS) is 12.2. The summed E-state index contributed by atoms with van der Waals surface area (Å²) >= 11 is 6.05. The molecular formula is C16H17ClFNO. The van der Waals surface area contributed by atoms with Gasteiger partial charge in [-0.15, -0.1) is 0 Å². The molecule has 0 bridgehead atoms. The molecule has 0 saturated heterocycles. The fourth-order valence-corrected chi connectivity index (χ4v) is 2.45. The van der Waals surface area contributed by atoms with Gasteiger partial charge in [-0.05, 0) is 42.8 Å². The Morgan fingerprint density at radius 3 is 2.70 bits per heavy atom. The summed E-state index contributed by atoms with van der Waals surface area (Å²) in [6, 6.07) is 12.6. The number of hydrogen-bond acceptors (Lipinski definition) is 2. The predicted octanol–water partition coefficient (Wildman–Crippen LogP) is 3.99. The smallest absolute Gasteiger partial charge is 0.142 e. The van der Waals surface area contributed by atoms with E-state index in [1.54, 1.807) is 13.2 Å². The van der Waals surface area contributed by atoms with E-state index in [1.165, 1.54) is 6.07 Å². The molecule has 2 rings (SSSR count). The van der Waals surface area contributed by atoms with Crippen LogP contribution < -0.4 is 10.1 Å². The first kappa shape index (κ1) is 14.8. The Hall–Kier alpha value is -1.58. The van der Waals surface area contributed by atoms with Gasteiger partial charge in [0, 0.05) is 6.04 Å². The zero-order chi connectivity index (χ0) is 14.5. The van der Waals surface area contributed by atoms with E-state index in [0.717, 1.165) is 16.9 Å². The Morgan fingerprint density at radius 2 is 2.00 bits per heavy atom. The van der Waals surface area contributed by atoms with E-state index in [0.29, 0.717) is 6.42 Å².